The molecule has 2 aromatic heterocycles. The molecule has 10 heteroatoms. The summed E-state index contributed by atoms with van der Waals surface area (Å²) >= 11 is 3.05. The van der Waals surface area contributed by atoms with Gasteiger partial charge in [0.25, 0.3) is 0 Å². The number of fused-ring (bicyclic) bond motifs is 1. The Bertz CT molecular complexity index is 1080. The Balaban J connectivity index is 1.43. The van der Waals surface area contributed by atoms with Crippen LogP contribution in [0.3, 0.4) is 0 Å². The summed E-state index contributed by atoms with van der Waals surface area (Å²) in [6, 6.07) is 4.00. The number of likely N-dealkylation sites (tertiary alicyclic amines) is 1. The number of aromatic nitrogens is 4. The summed E-state index contributed by atoms with van der Waals surface area (Å²) in [7, 11) is 2.18. The molecular weight excluding hydrogens is 458 g/mol. The fraction of sp³-hybridized carbons (Fsp3) is 0.565. The molecule has 0 N–H and O–H groups in total. The number of benzene rings is 1. The van der Waals surface area contributed by atoms with E-state index in [1.807, 2.05) is 19.1 Å². The molecule has 0 aliphatic carbocycles. The summed E-state index contributed by atoms with van der Waals surface area (Å²) in [4.78, 5) is 11.5. The number of ether oxygens (including phenoxy) is 3. The van der Waals surface area contributed by atoms with E-state index in [0.29, 0.717) is 12.5 Å². The Morgan fingerprint density at radius 1 is 1.12 bits per heavy atom. The second-order valence-electron chi connectivity index (χ2n) is 8.67. The van der Waals surface area contributed by atoms with Gasteiger partial charge in [0, 0.05) is 25.0 Å². The molecule has 0 saturated carbocycles. The summed E-state index contributed by atoms with van der Waals surface area (Å²) < 4.78 is 19.1. The molecule has 0 bridgehead atoms. The monoisotopic (exact) mass is 487 g/mol. The average Bonchev–Trinajstić information content (AvgIpc) is 3.24. The highest BCUT2D eigenvalue weighted by molar-refractivity contribution is 8.01. The van der Waals surface area contributed by atoms with Crippen LogP contribution in [0.15, 0.2) is 27.8 Å². The van der Waals surface area contributed by atoms with Crippen molar-refractivity contribution in [2.45, 2.75) is 48.1 Å². The average molecular weight is 488 g/mol. The standard InChI is InChI=1S/C23H29N5O3S2/c1-15-26-27-23(32-15)33-22-21-19(24-14-25-22)11-18(30-13-16-3-7-28(2)8-4-16)12-20(21)31-17-5-9-29-10-6-17/h11-12,14,16-17H,3-10,13H2,1-2H3. The quantitative estimate of drug-likeness (QED) is 0.455. The maximum absolute atomic E-state index is 6.51. The minimum absolute atomic E-state index is 0.105. The lowest BCUT2D eigenvalue weighted by molar-refractivity contribution is 0.0260. The van der Waals surface area contributed by atoms with Gasteiger partial charge in [-0.2, -0.15) is 0 Å². The molecule has 176 valence electrons. The van der Waals surface area contributed by atoms with Gasteiger partial charge in [-0.05, 0) is 57.6 Å². The lowest BCUT2D eigenvalue weighted by Gasteiger charge is -2.29. The van der Waals surface area contributed by atoms with Gasteiger partial charge in [0.1, 0.15) is 34.0 Å². The van der Waals surface area contributed by atoms with Gasteiger partial charge in [0.2, 0.25) is 0 Å². The van der Waals surface area contributed by atoms with Gasteiger partial charge in [-0.25, -0.2) is 9.97 Å². The molecule has 2 aliphatic rings. The Morgan fingerprint density at radius 2 is 1.94 bits per heavy atom. The van der Waals surface area contributed by atoms with E-state index in [9.17, 15) is 0 Å². The smallest absolute Gasteiger partial charge is 0.180 e. The van der Waals surface area contributed by atoms with Gasteiger partial charge in [-0.3, -0.25) is 0 Å². The van der Waals surface area contributed by atoms with E-state index in [0.717, 1.165) is 75.9 Å². The van der Waals surface area contributed by atoms with Crippen molar-refractivity contribution in [1.29, 1.82) is 0 Å². The summed E-state index contributed by atoms with van der Waals surface area (Å²) in [5.74, 6) is 2.14. The van der Waals surface area contributed by atoms with Gasteiger partial charge >= 0.3 is 0 Å². The molecule has 2 aliphatic heterocycles. The first kappa shape index (κ1) is 22.8. The molecule has 0 radical (unpaired) electrons. The minimum atomic E-state index is 0.105. The van der Waals surface area contributed by atoms with Crippen molar-refractivity contribution >= 4 is 34.0 Å². The van der Waals surface area contributed by atoms with Gasteiger partial charge < -0.3 is 19.1 Å². The molecule has 0 amide bonds. The lowest BCUT2D eigenvalue weighted by atomic mass is 9.98. The van der Waals surface area contributed by atoms with E-state index in [4.69, 9.17) is 14.2 Å². The molecule has 0 atom stereocenters. The number of hydrogen-bond donors (Lipinski definition) is 0. The van der Waals surface area contributed by atoms with Crippen LogP contribution in [-0.4, -0.2) is 71.1 Å². The topological polar surface area (TPSA) is 82.5 Å². The molecule has 33 heavy (non-hydrogen) atoms. The Labute approximate surface area is 202 Å². The van der Waals surface area contributed by atoms with Crippen LogP contribution in [-0.2, 0) is 4.74 Å². The van der Waals surface area contributed by atoms with Crippen LogP contribution in [0, 0.1) is 12.8 Å². The van der Waals surface area contributed by atoms with Crippen molar-refractivity contribution in [3.63, 3.8) is 0 Å². The molecule has 0 unspecified atom stereocenters. The predicted octanol–water partition coefficient (Wildman–Crippen LogP) is 4.22. The number of piperidine rings is 1. The van der Waals surface area contributed by atoms with Crippen LogP contribution in [0.2, 0.25) is 0 Å². The zero-order valence-corrected chi connectivity index (χ0v) is 20.7. The fourth-order valence-electron chi connectivity index (χ4n) is 4.17. The second-order valence-corrected chi connectivity index (χ2v) is 11.1. The summed E-state index contributed by atoms with van der Waals surface area (Å²) in [6.07, 6.45) is 5.77. The molecule has 2 fully saturated rings. The van der Waals surface area contributed by atoms with Crippen molar-refractivity contribution in [2.75, 3.05) is 40.0 Å². The fourth-order valence-corrected chi connectivity index (χ4v) is 6.01. The van der Waals surface area contributed by atoms with Crippen molar-refractivity contribution in [3.8, 4) is 11.5 Å². The molecule has 0 spiro atoms. The highest BCUT2D eigenvalue weighted by atomic mass is 32.2. The number of rotatable bonds is 7. The van der Waals surface area contributed by atoms with Crippen molar-refractivity contribution in [1.82, 2.24) is 25.1 Å². The van der Waals surface area contributed by atoms with E-state index >= 15 is 0 Å². The van der Waals surface area contributed by atoms with E-state index in [-0.39, 0.29) is 6.10 Å². The SMILES string of the molecule is Cc1nnc(Sc2ncnc3cc(OCC4CCN(C)CC4)cc(OC4CCOCC4)c23)s1. The third kappa shape index (κ3) is 5.74. The summed E-state index contributed by atoms with van der Waals surface area (Å²) in [5, 5.41) is 11.0. The van der Waals surface area contributed by atoms with Crippen LogP contribution in [0.5, 0.6) is 11.5 Å². The largest absolute Gasteiger partial charge is 0.493 e. The van der Waals surface area contributed by atoms with Gasteiger partial charge in [-0.15, -0.1) is 10.2 Å². The third-order valence-electron chi connectivity index (χ3n) is 6.12. The summed E-state index contributed by atoms with van der Waals surface area (Å²) in [5.41, 5.74) is 0.816. The summed E-state index contributed by atoms with van der Waals surface area (Å²) in [6.45, 7) is 6.36. The molecule has 5 rings (SSSR count). The number of nitrogens with zero attached hydrogens (tertiary/aromatic N) is 5. The first-order valence-corrected chi connectivity index (χ1v) is 13.1. The van der Waals surface area contributed by atoms with E-state index < -0.39 is 0 Å². The van der Waals surface area contributed by atoms with Gasteiger partial charge in [0.15, 0.2) is 4.34 Å². The Kier molecular flexibility index (Phi) is 7.24. The Hall–Kier alpha value is -2.01. The first-order chi connectivity index (χ1) is 16.1. The molecule has 8 nitrogen and oxygen atoms in total. The molecule has 2 saturated heterocycles. The maximum atomic E-state index is 6.51. The van der Waals surface area contributed by atoms with Crippen LogP contribution < -0.4 is 9.47 Å². The minimum Gasteiger partial charge on any atom is -0.493 e. The van der Waals surface area contributed by atoms with Crippen LogP contribution in [0.4, 0.5) is 0 Å². The van der Waals surface area contributed by atoms with E-state index in [2.05, 4.69) is 32.1 Å². The maximum Gasteiger partial charge on any atom is 0.180 e. The van der Waals surface area contributed by atoms with Crippen molar-refractivity contribution in [3.05, 3.63) is 23.5 Å². The zero-order chi connectivity index (χ0) is 22.6. The lowest BCUT2D eigenvalue weighted by Crippen LogP contribution is -2.32. The highest BCUT2D eigenvalue weighted by Gasteiger charge is 2.22. The highest BCUT2D eigenvalue weighted by Crippen LogP contribution is 2.40. The van der Waals surface area contributed by atoms with Gasteiger partial charge in [-0.1, -0.05) is 11.3 Å². The zero-order valence-electron chi connectivity index (χ0n) is 19.0. The number of hydrogen-bond acceptors (Lipinski definition) is 10. The molecule has 3 aromatic rings. The predicted molar refractivity (Wildman–Crippen MR) is 128 cm³/mol. The molecule has 4 heterocycles. The normalized spacial score (nSPS) is 18.6. The second kappa shape index (κ2) is 10.5. The van der Waals surface area contributed by atoms with E-state index in [1.54, 1.807) is 17.7 Å². The number of aryl methyl sites for hydroxylation is 1. The van der Waals surface area contributed by atoms with Crippen LogP contribution >= 0.6 is 23.1 Å². The van der Waals surface area contributed by atoms with Crippen LogP contribution in [0.1, 0.15) is 30.7 Å². The van der Waals surface area contributed by atoms with Crippen LogP contribution in [0.25, 0.3) is 10.9 Å². The van der Waals surface area contributed by atoms with Gasteiger partial charge in [0.05, 0.1) is 30.7 Å². The first-order valence-electron chi connectivity index (χ1n) is 11.5. The molecular formula is C23H29N5O3S2. The third-order valence-corrected chi connectivity index (χ3v) is 8.01. The molecule has 1 aromatic carbocycles. The Morgan fingerprint density at radius 3 is 2.70 bits per heavy atom. The van der Waals surface area contributed by atoms with Crippen molar-refractivity contribution < 1.29 is 14.2 Å². The van der Waals surface area contributed by atoms with Crippen molar-refractivity contribution in [2.24, 2.45) is 5.92 Å². The van der Waals surface area contributed by atoms with E-state index in [1.165, 1.54) is 24.6 Å².